The summed E-state index contributed by atoms with van der Waals surface area (Å²) in [4.78, 5) is 13.9. The minimum atomic E-state index is -0.319. The molecular weight excluding hydrogens is 228 g/mol. The summed E-state index contributed by atoms with van der Waals surface area (Å²) in [5, 5.41) is 12.3. The van der Waals surface area contributed by atoms with Crippen LogP contribution in [-0.2, 0) is 0 Å². The Labute approximate surface area is 108 Å². The lowest BCUT2D eigenvalue weighted by molar-refractivity contribution is 0.172. The largest absolute Gasteiger partial charge is 0.394 e. The zero-order valence-electron chi connectivity index (χ0n) is 10.5. The predicted octanol–water partition coefficient (Wildman–Crippen LogP) is 1.92. The zero-order valence-corrected chi connectivity index (χ0v) is 10.5. The lowest BCUT2D eigenvalue weighted by atomic mass is 10.1. The summed E-state index contributed by atoms with van der Waals surface area (Å²) in [5.74, 6) is 0. The van der Waals surface area contributed by atoms with Crippen LogP contribution in [0.2, 0.25) is 0 Å². The second-order valence-corrected chi connectivity index (χ2v) is 4.64. The van der Waals surface area contributed by atoms with Crippen molar-refractivity contribution in [3.8, 4) is 0 Å². The number of piperidine rings is 1. The molecule has 0 unspecified atom stereocenters. The molecule has 0 radical (unpaired) electrons. The number of urea groups is 1. The number of carbonyl (C=O) groups excluding carboxylic acids is 1. The van der Waals surface area contributed by atoms with E-state index in [1.807, 2.05) is 35.2 Å². The summed E-state index contributed by atoms with van der Waals surface area (Å²) < 4.78 is 0. The molecule has 1 aromatic carbocycles. The Morgan fingerprint density at radius 3 is 2.50 bits per heavy atom. The van der Waals surface area contributed by atoms with Crippen LogP contribution in [0.4, 0.5) is 4.79 Å². The molecule has 2 N–H and O–H groups in total. The smallest absolute Gasteiger partial charge is 0.317 e. The molecule has 0 aromatic heterocycles. The van der Waals surface area contributed by atoms with Gasteiger partial charge in [0.2, 0.25) is 0 Å². The number of rotatable bonds is 3. The van der Waals surface area contributed by atoms with Crippen LogP contribution >= 0.6 is 0 Å². The highest BCUT2D eigenvalue weighted by Crippen LogP contribution is 2.14. The number of hydrogen-bond donors (Lipinski definition) is 2. The zero-order chi connectivity index (χ0) is 12.8. The van der Waals surface area contributed by atoms with Crippen molar-refractivity contribution in [2.75, 3.05) is 19.7 Å². The first-order valence-corrected chi connectivity index (χ1v) is 6.52. The number of nitrogens with zero attached hydrogens (tertiary/aromatic N) is 1. The van der Waals surface area contributed by atoms with Gasteiger partial charge < -0.3 is 15.3 Å². The molecule has 0 saturated carbocycles. The molecule has 98 valence electrons. The van der Waals surface area contributed by atoms with Gasteiger partial charge >= 0.3 is 6.03 Å². The van der Waals surface area contributed by atoms with Crippen LogP contribution in [0.1, 0.15) is 30.9 Å². The number of benzene rings is 1. The van der Waals surface area contributed by atoms with Crippen molar-refractivity contribution >= 4 is 6.03 Å². The highest BCUT2D eigenvalue weighted by molar-refractivity contribution is 5.74. The molecule has 2 amide bonds. The Bertz CT molecular complexity index is 375. The van der Waals surface area contributed by atoms with Gasteiger partial charge in [-0.2, -0.15) is 0 Å². The number of aliphatic hydroxyl groups is 1. The highest BCUT2D eigenvalue weighted by atomic mass is 16.3. The Morgan fingerprint density at radius 1 is 1.22 bits per heavy atom. The monoisotopic (exact) mass is 248 g/mol. The van der Waals surface area contributed by atoms with Gasteiger partial charge in [0.25, 0.3) is 0 Å². The van der Waals surface area contributed by atoms with Crippen LogP contribution in [0, 0.1) is 0 Å². The summed E-state index contributed by atoms with van der Waals surface area (Å²) >= 11 is 0. The van der Waals surface area contributed by atoms with E-state index in [1.165, 1.54) is 6.42 Å². The van der Waals surface area contributed by atoms with Gasteiger partial charge in [-0.05, 0) is 24.8 Å². The van der Waals surface area contributed by atoms with Crippen molar-refractivity contribution < 1.29 is 9.90 Å². The number of nitrogens with one attached hydrogen (secondary N) is 1. The summed E-state index contributed by atoms with van der Waals surface area (Å²) in [6.07, 6.45) is 3.34. The van der Waals surface area contributed by atoms with Gasteiger partial charge in [0, 0.05) is 13.1 Å². The van der Waals surface area contributed by atoms with Gasteiger partial charge in [-0.25, -0.2) is 4.79 Å². The summed E-state index contributed by atoms with van der Waals surface area (Å²) in [6, 6.07) is 9.17. The molecule has 0 spiro atoms. The fourth-order valence-electron chi connectivity index (χ4n) is 2.26. The normalized spacial score (nSPS) is 17.3. The summed E-state index contributed by atoms with van der Waals surface area (Å²) in [7, 11) is 0. The quantitative estimate of drug-likeness (QED) is 0.858. The standard InChI is InChI=1S/C14H20N2O2/c17-11-13(12-7-3-1-4-8-12)15-14(18)16-9-5-2-6-10-16/h1,3-4,7-8,13,17H,2,5-6,9-11H2,(H,15,18)/t13-/m0/s1. The maximum Gasteiger partial charge on any atom is 0.317 e. The molecule has 1 aromatic rings. The van der Waals surface area contributed by atoms with Gasteiger partial charge in [-0.15, -0.1) is 0 Å². The maximum absolute atomic E-state index is 12.0. The molecule has 2 rings (SSSR count). The molecule has 1 aliphatic heterocycles. The van der Waals surface area contributed by atoms with Crippen LogP contribution in [0.15, 0.2) is 30.3 Å². The van der Waals surface area contributed by atoms with Gasteiger partial charge in [0.1, 0.15) is 0 Å². The third-order valence-electron chi connectivity index (χ3n) is 3.33. The van der Waals surface area contributed by atoms with Gasteiger partial charge in [-0.1, -0.05) is 30.3 Å². The van der Waals surface area contributed by atoms with E-state index in [1.54, 1.807) is 0 Å². The molecule has 18 heavy (non-hydrogen) atoms. The topological polar surface area (TPSA) is 52.6 Å². The van der Waals surface area contributed by atoms with E-state index in [0.29, 0.717) is 0 Å². The third kappa shape index (κ3) is 3.23. The fraction of sp³-hybridized carbons (Fsp3) is 0.500. The van der Waals surface area contributed by atoms with E-state index in [2.05, 4.69) is 5.32 Å². The summed E-state index contributed by atoms with van der Waals surface area (Å²) in [5.41, 5.74) is 0.936. The number of likely N-dealkylation sites (tertiary alicyclic amines) is 1. The second kappa shape index (κ2) is 6.40. The molecule has 4 nitrogen and oxygen atoms in total. The van der Waals surface area contributed by atoms with Crippen LogP contribution in [0.25, 0.3) is 0 Å². The second-order valence-electron chi connectivity index (χ2n) is 4.64. The SMILES string of the molecule is O=C(N[C@@H](CO)c1ccccc1)N1CCCCC1. The fourth-order valence-corrected chi connectivity index (χ4v) is 2.26. The molecule has 0 bridgehead atoms. The van der Waals surface area contributed by atoms with Crippen LogP contribution < -0.4 is 5.32 Å². The molecule has 1 heterocycles. The third-order valence-corrected chi connectivity index (χ3v) is 3.33. The van der Waals surface area contributed by atoms with Crippen LogP contribution in [-0.4, -0.2) is 35.7 Å². The molecule has 1 aliphatic rings. The van der Waals surface area contributed by atoms with Crippen LogP contribution in [0.5, 0.6) is 0 Å². The van der Waals surface area contributed by atoms with Crippen molar-refractivity contribution in [1.82, 2.24) is 10.2 Å². The van der Waals surface area contributed by atoms with Gasteiger partial charge in [0.05, 0.1) is 12.6 Å². The number of carbonyl (C=O) groups is 1. The van der Waals surface area contributed by atoms with Crippen molar-refractivity contribution in [1.29, 1.82) is 0 Å². The lowest BCUT2D eigenvalue weighted by Gasteiger charge is -2.29. The van der Waals surface area contributed by atoms with Gasteiger partial charge in [-0.3, -0.25) is 0 Å². The molecule has 0 aliphatic carbocycles. The average Bonchev–Trinajstić information content (AvgIpc) is 2.46. The molecule has 1 atom stereocenters. The van der Waals surface area contributed by atoms with E-state index >= 15 is 0 Å². The van der Waals surface area contributed by atoms with Crippen LogP contribution in [0.3, 0.4) is 0 Å². The Hall–Kier alpha value is -1.55. The number of hydrogen-bond acceptors (Lipinski definition) is 2. The number of aliphatic hydroxyl groups excluding tert-OH is 1. The molecule has 1 saturated heterocycles. The Kier molecular flexibility index (Phi) is 4.59. The number of amides is 2. The molecule has 1 fully saturated rings. The summed E-state index contributed by atoms with van der Waals surface area (Å²) in [6.45, 7) is 1.56. The van der Waals surface area contributed by atoms with Crippen molar-refractivity contribution in [2.24, 2.45) is 0 Å². The molecular formula is C14H20N2O2. The van der Waals surface area contributed by atoms with E-state index in [4.69, 9.17) is 0 Å². The average molecular weight is 248 g/mol. The van der Waals surface area contributed by atoms with Crippen molar-refractivity contribution in [2.45, 2.75) is 25.3 Å². The lowest BCUT2D eigenvalue weighted by Crippen LogP contribution is -2.44. The van der Waals surface area contributed by atoms with E-state index in [-0.39, 0.29) is 18.7 Å². The maximum atomic E-state index is 12.0. The van der Waals surface area contributed by atoms with Gasteiger partial charge in [0.15, 0.2) is 0 Å². The predicted molar refractivity (Wildman–Crippen MR) is 70.2 cm³/mol. The van der Waals surface area contributed by atoms with E-state index in [9.17, 15) is 9.90 Å². The highest BCUT2D eigenvalue weighted by Gasteiger charge is 2.20. The Balaban J connectivity index is 1.95. The first-order valence-electron chi connectivity index (χ1n) is 6.52. The Morgan fingerprint density at radius 2 is 1.89 bits per heavy atom. The first kappa shape index (κ1) is 12.9. The van der Waals surface area contributed by atoms with E-state index in [0.717, 1.165) is 31.5 Å². The van der Waals surface area contributed by atoms with Crippen molar-refractivity contribution in [3.05, 3.63) is 35.9 Å². The first-order chi connectivity index (χ1) is 8.81. The minimum Gasteiger partial charge on any atom is -0.394 e. The van der Waals surface area contributed by atoms with Crippen molar-refractivity contribution in [3.63, 3.8) is 0 Å². The van der Waals surface area contributed by atoms with E-state index < -0.39 is 0 Å². The minimum absolute atomic E-state index is 0.0717. The molecule has 4 heteroatoms.